The third-order valence-electron chi connectivity index (χ3n) is 6.51. The summed E-state index contributed by atoms with van der Waals surface area (Å²) in [5.74, 6) is 0. The minimum absolute atomic E-state index is 0.0413. The van der Waals surface area contributed by atoms with Gasteiger partial charge < -0.3 is 0 Å². The van der Waals surface area contributed by atoms with Gasteiger partial charge in [0.05, 0.1) is 0 Å². The second-order valence-electron chi connectivity index (χ2n) is 8.23. The van der Waals surface area contributed by atoms with Gasteiger partial charge in [0.2, 0.25) is 0 Å². The van der Waals surface area contributed by atoms with E-state index in [1.165, 1.54) is 20.7 Å². The van der Waals surface area contributed by atoms with Crippen LogP contribution in [0.15, 0.2) is 121 Å². The van der Waals surface area contributed by atoms with Crippen molar-refractivity contribution in [2.75, 3.05) is 0 Å². The zero-order valence-electron chi connectivity index (χ0n) is 17.5. The van der Waals surface area contributed by atoms with Crippen LogP contribution in [0.4, 0.5) is 0 Å². The Hall–Kier alpha value is -2.40. The van der Waals surface area contributed by atoms with E-state index in [1.54, 1.807) is 0 Å². The predicted octanol–water partition coefficient (Wildman–Crippen LogP) is 4.46. The van der Waals surface area contributed by atoms with Crippen molar-refractivity contribution >= 4 is 48.5 Å². The van der Waals surface area contributed by atoms with Gasteiger partial charge in [-0.2, -0.15) is 0 Å². The van der Waals surface area contributed by atoms with E-state index in [2.05, 4.69) is 134 Å². The maximum Gasteiger partial charge on any atom is 0.130 e. The highest BCUT2D eigenvalue weighted by molar-refractivity contribution is 7.23. The van der Waals surface area contributed by atoms with Gasteiger partial charge in [0.25, 0.3) is 0 Å². The van der Waals surface area contributed by atoms with E-state index in [0.717, 1.165) is 0 Å². The van der Waals surface area contributed by atoms with Gasteiger partial charge in [-0.05, 0) is 0 Å². The van der Waals surface area contributed by atoms with Crippen LogP contribution in [0.3, 0.4) is 0 Å². The molecule has 0 N–H and O–H groups in total. The normalized spacial score (nSPS) is 12.1. The first kappa shape index (κ1) is 20.9. The minimum atomic E-state index is -2.28. The number of hydrogen-bond acceptors (Lipinski definition) is 0. The van der Waals surface area contributed by atoms with E-state index in [4.69, 9.17) is 11.6 Å². The van der Waals surface area contributed by atoms with Gasteiger partial charge in [-0.15, -0.1) is 11.6 Å². The fourth-order valence-corrected chi connectivity index (χ4v) is 18.1. The molecule has 3 heteroatoms. The predicted molar refractivity (Wildman–Crippen MR) is 137 cm³/mol. The lowest BCUT2D eigenvalue weighted by molar-refractivity contribution is 1.51. The average Bonchev–Trinajstić information content (AvgIpc) is 2.84. The number of halogens is 1. The summed E-state index contributed by atoms with van der Waals surface area (Å²) >= 11 is 7.76. The van der Waals surface area contributed by atoms with Crippen molar-refractivity contribution in [3.8, 4) is 0 Å². The highest BCUT2D eigenvalue weighted by Crippen LogP contribution is 2.26. The van der Waals surface area contributed by atoms with Gasteiger partial charge in [0.1, 0.15) is 16.1 Å². The van der Waals surface area contributed by atoms with Crippen molar-refractivity contribution in [2.24, 2.45) is 0 Å². The Balaban J connectivity index is 1.98. The van der Waals surface area contributed by atoms with Crippen molar-refractivity contribution in [3.63, 3.8) is 0 Å². The van der Waals surface area contributed by atoms with Crippen LogP contribution in [-0.2, 0) is 0 Å². The zero-order valence-corrected chi connectivity index (χ0v) is 20.3. The molecule has 0 aliphatic heterocycles. The molecular weight excluding hydrogens is 416 g/mol. The molecule has 0 fully saturated rings. The lowest BCUT2D eigenvalue weighted by Gasteiger charge is -2.43. The third kappa shape index (κ3) is 3.60. The molecule has 0 unspecified atom stereocenters. The van der Waals surface area contributed by atoms with Gasteiger partial charge in [-0.3, -0.25) is 0 Å². The highest BCUT2D eigenvalue weighted by atomic mass is 35.5. The Morgan fingerprint density at radius 1 is 0.433 bits per heavy atom. The number of alkyl halides is 1. The van der Waals surface area contributed by atoms with E-state index in [0.29, 0.717) is 0 Å². The molecule has 0 aliphatic carbocycles. The zero-order chi connectivity index (χ0) is 21.0. The average molecular weight is 443 g/mol. The summed E-state index contributed by atoms with van der Waals surface area (Å²) in [6.07, 6.45) is 0. The van der Waals surface area contributed by atoms with Gasteiger partial charge in [0.15, 0.2) is 0 Å². The Kier molecular flexibility index (Phi) is 6.10. The van der Waals surface area contributed by atoms with Crippen LogP contribution in [0.5, 0.6) is 0 Å². The van der Waals surface area contributed by atoms with Gasteiger partial charge >= 0.3 is 0 Å². The van der Waals surface area contributed by atoms with E-state index >= 15 is 0 Å². The lowest BCUT2D eigenvalue weighted by Crippen LogP contribution is -2.76. The molecule has 0 nitrogen and oxygen atoms in total. The van der Waals surface area contributed by atoms with Crippen LogP contribution in [0, 0.1) is 0 Å². The largest absolute Gasteiger partial charge is 0.130 e. The van der Waals surface area contributed by atoms with Gasteiger partial charge in [-0.25, -0.2) is 0 Å². The third-order valence-corrected chi connectivity index (χ3v) is 20.7. The van der Waals surface area contributed by atoms with Crippen LogP contribution >= 0.6 is 11.6 Å². The summed E-state index contributed by atoms with van der Waals surface area (Å²) in [5.41, 5.74) is 0. The van der Waals surface area contributed by atoms with E-state index < -0.39 is 16.1 Å². The second kappa shape index (κ2) is 8.77. The van der Waals surface area contributed by atoms with Crippen LogP contribution in [-0.4, -0.2) is 20.8 Å². The quantitative estimate of drug-likeness (QED) is 0.305. The lowest BCUT2D eigenvalue weighted by atomic mass is 10.4. The standard InChI is InChI=1S/C27H27ClSi2/c1-29(23-15-7-3-8-16-23,24-17-9-4-10-18-24)27(28)30(2,25-19-11-5-12-20-25)26-21-13-6-14-22-26/h3-22,27H,1-2H3. The number of hydrogen-bond donors (Lipinski definition) is 0. The fourth-order valence-electron chi connectivity index (χ4n) is 4.63. The molecule has 0 atom stereocenters. The molecule has 0 saturated carbocycles. The molecule has 0 aliphatic rings. The maximum atomic E-state index is 7.76. The van der Waals surface area contributed by atoms with Crippen LogP contribution in [0.25, 0.3) is 0 Å². The Morgan fingerprint density at radius 2 is 0.633 bits per heavy atom. The molecule has 0 amide bonds. The molecule has 150 valence electrons. The smallest absolute Gasteiger partial charge is 0.128 e. The van der Waals surface area contributed by atoms with Crippen molar-refractivity contribution in [1.29, 1.82) is 0 Å². The van der Waals surface area contributed by atoms with Crippen molar-refractivity contribution in [2.45, 2.75) is 17.7 Å². The van der Waals surface area contributed by atoms with Crippen LogP contribution < -0.4 is 20.7 Å². The molecule has 4 aromatic carbocycles. The highest BCUT2D eigenvalue weighted by Gasteiger charge is 2.51. The molecular formula is C27H27ClSi2. The van der Waals surface area contributed by atoms with Crippen molar-refractivity contribution in [3.05, 3.63) is 121 Å². The molecule has 0 radical (unpaired) electrons. The summed E-state index contributed by atoms with van der Waals surface area (Å²) in [6, 6.07) is 43.8. The summed E-state index contributed by atoms with van der Waals surface area (Å²) in [7, 11) is -4.56. The molecule has 0 bridgehead atoms. The topological polar surface area (TPSA) is 0 Å². The first-order valence-corrected chi connectivity index (χ1v) is 16.0. The molecule has 30 heavy (non-hydrogen) atoms. The fraction of sp³-hybridized carbons (Fsp3) is 0.111. The molecule has 0 heterocycles. The summed E-state index contributed by atoms with van der Waals surface area (Å²) in [5, 5.41) is 5.56. The number of benzene rings is 4. The van der Waals surface area contributed by atoms with E-state index in [9.17, 15) is 0 Å². The first-order valence-electron chi connectivity index (χ1n) is 10.4. The Morgan fingerprint density at radius 3 is 0.833 bits per heavy atom. The summed E-state index contributed by atoms with van der Waals surface area (Å²) in [6.45, 7) is 4.90. The van der Waals surface area contributed by atoms with Gasteiger partial charge in [0, 0.05) is 4.62 Å². The van der Waals surface area contributed by atoms with Gasteiger partial charge in [-0.1, -0.05) is 155 Å². The molecule has 4 aromatic rings. The monoisotopic (exact) mass is 442 g/mol. The Bertz CT molecular complexity index is 899. The first-order chi connectivity index (χ1) is 14.6. The summed E-state index contributed by atoms with van der Waals surface area (Å²) < 4.78 is 0.0413. The second-order valence-corrected chi connectivity index (χ2v) is 18.3. The summed E-state index contributed by atoms with van der Waals surface area (Å²) in [4.78, 5) is 0. The van der Waals surface area contributed by atoms with Crippen molar-refractivity contribution < 1.29 is 0 Å². The Labute approximate surface area is 187 Å². The molecule has 0 aromatic heterocycles. The SMILES string of the molecule is C[Si](c1ccccc1)(c1ccccc1)C(Cl)[Si](C)(c1ccccc1)c1ccccc1. The van der Waals surface area contributed by atoms with Crippen molar-refractivity contribution in [1.82, 2.24) is 0 Å². The van der Waals surface area contributed by atoms with E-state index in [1.807, 2.05) is 0 Å². The molecule has 0 saturated heterocycles. The van der Waals surface area contributed by atoms with Crippen LogP contribution in [0.1, 0.15) is 0 Å². The van der Waals surface area contributed by atoms with Crippen LogP contribution in [0.2, 0.25) is 13.1 Å². The molecule has 0 spiro atoms. The minimum Gasteiger partial charge on any atom is -0.128 e. The maximum absolute atomic E-state index is 7.76. The van der Waals surface area contributed by atoms with E-state index in [-0.39, 0.29) is 4.62 Å². The molecule has 4 rings (SSSR count). The number of rotatable bonds is 6.